The fourth-order valence-corrected chi connectivity index (χ4v) is 4.78. The summed E-state index contributed by atoms with van der Waals surface area (Å²) in [7, 11) is 2.11. The Balaban J connectivity index is 1.95. The fraction of sp³-hybridized carbons (Fsp3) is 0.0556. The number of fused-ring (bicyclic) bond motifs is 3. The van der Waals surface area contributed by atoms with E-state index in [4.69, 9.17) is 11.6 Å². The van der Waals surface area contributed by atoms with E-state index < -0.39 is 0 Å². The van der Waals surface area contributed by atoms with Crippen molar-refractivity contribution >= 4 is 66.4 Å². The summed E-state index contributed by atoms with van der Waals surface area (Å²) < 4.78 is 3.52. The first-order valence-corrected chi connectivity index (χ1v) is 9.03. The van der Waals surface area contributed by atoms with Crippen molar-refractivity contribution in [2.24, 2.45) is 7.05 Å². The molecule has 0 saturated heterocycles. The molecule has 0 amide bonds. The minimum atomic E-state index is 0.793. The summed E-state index contributed by atoms with van der Waals surface area (Å²) in [6.07, 6.45) is 2.06. The van der Waals surface area contributed by atoms with Gasteiger partial charge in [-0.2, -0.15) is 4.57 Å². The van der Waals surface area contributed by atoms with Gasteiger partial charge >= 0.3 is 0 Å². The lowest BCUT2D eigenvalue weighted by molar-refractivity contribution is -0.641. The standard InChI is InChI=1S/C18H13ClNS2/c1-20-17(11-14(19)15-7-4-10-21-15)22-16-9-8-12-5-2-3-6-13(12)18(16)20/h2-11H,1H3/q+1. The third-order valence-electron chi connectivity index (χ3n) is 3.75. The second kappa shape index (κ2) is 5.51. The monoisotopic (exact) mass is 342 g/mol. The fourth-order valence-electron chi connectivity index (χ4n) is 2.68. The van der Waals surface area contributed by atoms with Crippen LogP contribution in [-0.2, 0) is 7.05 Å². The topological polar surface area (TPSA) is 3.88 Å². The first-order chi connectivity index (χ1) is 10.7. The predicted molar refractivity (Wildman–Crippen MR) is 98.6 cm³/mol. The second-order valence-electron chi connectivity index (χ2n) is 5.10. The van der Waals surface area contributed by atoms with Gasteiger partial charge in [0.1, 0.15) is 11.7 Å². The minimum absolute atomic E-state index is 0.793. The summed E-state index contributed by atoms with van der Waals surface area (Å²) in [5, 5.41) is 6.55. The van der Waals surface area contributed by atoms with Gasteiger partial charge in [0.05, 0.1) is 10.4 Å². The molecule has 0 radical (unpaired) electrons. The zero-order valence-electron chi connectivity index (χ0n) is 11.9. The molecule has 2 heterocycles. The van der Waals surface area contributed by atoms with Crippen LogP contribution in [0.1, 0.15) is 9.88 Å². The highest BCUT2D eigenvalue weighted by molar-refractivity contribution is 7.19. The molecule has 108 valence electrons. The Kier molecular flexibility index (Phi) is 3.49. The van der Waals surface area contributed by atoms with E-state index >= 15 is 0 Å². The van der Waals surface area contributed by atoms with Crippen molar-refractivity contribution in [2.75, 3.05) is 0 Å². The Hall–Kier alpha value is -1.68. The average molecular weight is 343 g/mol. The zero-order valence-corrected chi connectivity index (χ0v) is 14.3. The number of benzene rings is 2. The molecule has 0 bridgehead atoms. The average Bonchev–Trinajstić information content (AvgIpc) is 3.17. The van der Waals surface area contributed by atoms with Crippen LogP contribution in [0.5, 0.6) is 0 Å². The lowest BCUT2D eigenvalue weighted by Crippen LogP contribution is -2.29. The van der Waals surface area contributed by atoms with Crippen molar-refractivity contribution in [3.8, 4) is 0 Å². The number of hydrogen-bond acceptors (Lipinski definition) is 2. The number of hydrogen-bond donors (Lipinski definition) is 0. The smallest absolute Gasteiger partial charge is 0.184 e. The van der Waals surface area contributed by atoms with Crippen LogP contribution in [0, 0.1) is 0 Å². The molecule has 0 fully saturated rings. The van der Waals surface area contributed by atoms with Gasteiger partial charge in [-0.15, -0.1) is 11.3 Å². The van der Waals surface area contributed by atoms with Crippen LogP contribution in [0.15, 0.2) is 53.9 Å². The lowest BCUT2D eigenvalue weighted by Gasteiger charge is -1.96. The Morgan fingerprint density at radius 3 is 2.77 bits per heavy atom. The van der Waals surface area contributed by atoms with E-state index in [-0.39, 0.29) is 0 Å². The van der Waals surface area contributed by atoms with Gasteiger partial charge in [-0.05, 0) is 29.0 Å². The minimum Gasteiger partial charge on any atom is -0.184 e. The molecule has 0 spiro atoms. The van der Waals surface area contributed by atoms with E-state index in [1.54, 1.807) is 22.7 Å². The quantitative estimate of drug-likeness (QED) is 0.413. The van der Waals surface area contributed by atoms with Crippen molar-refractivity contribution in [2.45, 2.75) is 0 Å². The molecule has 2 aromatic carbocycles. The van der Waals surface area contributed by atoms with Crippen molar-refractivity contribution < 1.29 is 4.57 Å². The van der Waals surface area contributed by atoms with E-state index in [9.17, 15) is 0 Å². The van der Waals surface area contributed by atoms with E-state index in [0.717, 1.165) is 14.9 Å². The van der Waals surface area contributed by atoms with Crippen LogP contribution in [0.2, 0.25) is 0 Å². The summed E-state index contributed by atoms with van der Waals surface area (Å²) >= 11 is 9.90. The molecule has 0 saturated carbocycles. The summed E-state index contributed by atoms with van der Waals surface area (Å²) in [6.45, 7) is 0. The van der Waals surface area contributed by atoms with Crippen molar-refractivity contribution in [1.82, 2.24) is 0 Å². The maximum absolute atomic E-state index is 6.46. The summed E-state index contributed by atoms with van der Waals surface area (Å²) in [5.41, 5.74) is 1.27. The SMILES string of the molecule is C[n+]1c(C=C(Cl)c2cccs2)sc2ccc3ccccc3c21. The summed E-state index contributed by atoms with van der Waals surface area (Å²) in [5.74, 6) is 0. The highest BCUT2D eigenvalue weighted by Crippen LogP contribution is 2.31. The first kappa shape index (κ1) is 13.9. The predicted octanol–water partition coefficient (Wildman–Crippen LogP) is 5.68. The van der Waals surface area contributed by atoms with Gasteiger partial charge in [0.2, 0.25) is 5.52 Å². The van der Waals surface area contributed by atoms with Crippen molar-refractivity contribution in [3.63, 3.8) is 0 Å². The largest absolute Gasteiger partial charge is 0.264 e. The molecule has 0 aliphatic heterocycles. The Labute approximate surface area is 141 Å². The molecular weight excluding hydrogens is 330 g/mol. The van der Waals surface area contributed by atoms with Gasteiger partial charge in [-0.1, -0.05) is 53.3 Å². The summed E-state index contributed by atoms with van der Waals surface area (Å²) in [4.78, 5) is 1.10. The number of thiazole rings is 1. The number of rotatable bonds is 2. The Bertz CT molecular complexity index is 997. The molecule has 22 heavy (non-hydrogen) atoms. The Morgan fingerprint density at radius 1 is 1.09 bits per heavy atom. The van der Waals surface area contributed by atoms with Gasteiger partial charge in [0, 0.05) is 11.0 Å². The molecule has 2 aromatic heterocycles. The third kappa shape index (κ3) is 2.26. The molecule has 4 rings (SSSR count). The van der Waals surface area contributed by atoms with Crippen molar-refractivity contribution in [1.29, 1.82) is 0 Å². The number of aromatic nitrogens is 1. The summed E-state index contributed by atoms with van der Waals surface area (Å²) in [6, 6.07) is 16.9. The second-order valence-corrected chi connectivity index (χ2v) is 7.52. The molecule has 4 aromatic rings. The van der Waals surface area contributed by atoms with Gasteiger partial charge in [0.15, 0.2) is 0 Å². The molecule has 0 unspecified atom stereocenters. The van der Waals surface area contributed by atoms with Crippen LogP contribution in [-0.4, -0.2) is 0 Å². The van der Waals surface area contributed by atoms with Crippen LogP contribution < -0.4 is 4.57 Å². The zero-order chi connectivity index (χ0) is 15.1. The van der Waals surface area contributed by atoms with Crippen LogP contribution >= 0.6 is 34.3 Å². The van der Waals surface area contributed by atoms with E-state index in [1.807, 2.05) is 17.5 Å². The first-order valence-electron chi connectivity index (χ1n) is 6.95. The van der Waals surface area contributed by atoms with Crippen molar-refractivity contribution in [3.05, 3.63) is 63.8 Å². The molecule has 0 aliphatic carbocycles. The molecule has 0 aliphatic rings. The van der Waals surface area contributed by atoms with E-state index in [0.29, 0.717) is 0 Å². The molecule has 1 nitrogen and oxygen atoms in total. The lowest BCUT2D eigenvalue weighted by atomic mass is 10.1. The maximum atomic E-state index is 6.46. The number of aryl methyl sites for hydroxylation is 1. The van der Waals surface area contributed by atoms with Gasteiger partial charge in [-0.3, -0.25) is 0 Å². The molecular formula is C18H13ClNS2+. The number of thiophene rings is 1. The number of nitrogens with zero attached hydrogens (tertiary/aromatic N) is 1. The molecule has 0 N–H and O–H groups in total. The van der Waals surface area contributed by atoms with Crippen LogP contribution in [0.25, 0.3) is 32.1 Å². The normalized spacial score (nSPS) is 12.4. The highest BCUT2D eigenvalue weighted by atomic mass is 35.5. The maximum Gasteiger partial charge on any atom is 0.264 e. The van der Waals surface area contributed by atoms with Crippen LogP contribution in [0.3, 0.4) is 0 Å². The number of halogens is 1. The van der Waals surface area contributed by atoms with Gasteiger partial charge in [-0.25, -0.2) is 0 Å². The van der Waals surface area contributed by atoms with E-state index in [1.165, 1.54) is 21.0 Å². The Morgan fingerprint density at radius 2 is 1.95 bits per heavy atom. The van der Waals surface area contributed by atoms with Crippen LogP contribution in [0.4, 0.5) is 0 Å². The van der Waals surface area contributed by atoms with Gasteiger partial charge < -0.3 is 0 Å². The van der Waals surface area contributed by atoms with E-state index in [2.05, 4.69) is 54.1 Å². The molecule has 4 heteroatoms. The third-order valence-corrected chi connectivity index (χ3v) is 6.23. The highest BCUT2D eigenvalue weighted by Gasteiger charge is 2.18. The van der Waals surface area contributed by atoms with Gasteiger partial charge in [0.25, 0.3) is 5.01 Å². The molecule has 0 atom stereocenters.